The van der Waals surface area contributed by atoms with Crippen LogP contribution < -0.4 is 0 Å². The van der Waals surface area contributed by atoms with E-state index >= 15 is 0 Å². The summed E-state index contributed by atoms with van der Waals surface area (Å²) in [5.41, 5.74) is 0. The first-order chi connectivity index (χ1) is 7.89. The number of carbonyl (C=O) groups excluding carboxylic acids is 2. The van der Waals surface area contributed by atoms with E-state index in [-0.39, 0.29) is 6.42 Å². The molecule has 7 nitrogen and oxygen atoms in total. The second-order valence-electron chi connectivity index (χ2n) is 2.91. The molecule has 0 aliphatic carbocycles. The van der Waals surface area contributed by atoms with E-state index in [1.54, 1.807) is 0 Å². The second-order valence-corrected chi connectivity index (χ2v) is 2.91. The van der Waals surface area contributed by atoms with Gasteiger partial charge in [-0.15, -0.1) is 0 Å². The molecule has 0 spiro atoms. The molecule has 0 aromatic carbocycles. The van der Waals surface area contributed by atoms with Crippen LogP contribution in [-0.4, -0.2) is 45.9 Å². The van der Waals surface area contributed by atoms with Crippen LogP contribution >= 0.6 is 0 Å². The lowest BCUT2D eigenvalue weighted by Gasteiger charge is -2.29. The van der Waals surface area contributed by atoms with Crippen LogP contribution in [0.15, 0.2) is 25.3 Å². The third-order valence-corrected chi connectivity index (χ3v) is 1.65. The average molecular weight is 246 g/mol. The minimum Gasteiger partial charge on any atom is -0.396 e. The lowest BCUT2D eigenvalue weighted by atomic mass is 10.2. The molecule has 7 heteroatoms. The first-order valence-electron chi connectivity index (χ1n) is 4.61. The Labute approximate surface area is 97.6 Å². The smallest absolute Gasteiger partial charge is 0.396 e. The summed E-state index contributed by atoms with van der Waals surface area (Å²) in [7, 11) is 0. The first-order valence-corrected chi connectivity index (χ1v) is 4.61. The van der Waals surface area contributed by atoms with Crippen molar-refractivity contribution in [2.75, 3.05) is 6.61 Å². The fraction of sp³-hybridized carbons (Fsp3) is 0.400. The van der Waals surface area contributed by atoms with Crippen molar-refractivity contribution >= 4 is 11.9 Å². The van der Waals surface area contributed by atoms with Crippen LogP contribution in [0.25, 0.3) is 0 Å². The molecule has 1 atom stereocenters. The molecule has 0 saturated carbocycles. The SMILES string of the molecule is C=CC(=O)OC(O)(OC(=O)C=C)C(O)CCO. The highest BCUT2D eigenvalue weighted by molar-refractivity contribution is 5.83. The topological polar surface area (TPSA) is 113 Å². The highest BCUT2D eigenvalue weighted by Crippen LogP contribution is 2.18. The molecular weight excluding hydrogens is 232 g/mol. The van der Waals surface area contributed by atoms with Crippen LogP contribution in [-0.2, 0) is 19.1 Å². The van der Waals surface area contributed by atoms with Crippen molar-refractivity contribution in [1.82, 2.24) is 0 Å². The Morgan fingerprint density at radius 3 is 1.94 bits per heavy atom. The Balaban J connectivity index is 4.90. The van der Waals surface area contributed by atoms with Gasteiger partial charge in [-0.2, -0.15) is 0 Å². The van der Waals surface area contributed by atoms with Gasteiger partial charge in [0.05, 0.1) is 0 Å². The molecule has 0 aliphatic heterocycles. The lowest BCUT2D eigenvalue weighted by molar-refractivity contribution is -0.358. The van der Waals surface area contributed by atoms with Crippen molar-refractivity contribution in [1.29, 1.82) is 0 Å². The molecule has 0 heterocycles. The number of hydrogen-bond acceptors (Lipinski definition) is 7. The molecule has 0 radical (unpaired) electrons. The van der Waals surface area contributed by atoms with E-state index in [0.29, 0.717) is 12.2 Å². The molecule has 0 aromatic rings. The maximum atomic E-state index is 10.9. The van der Waals surface area contributed by atoms with Crippen molar-refractivity contribution in [3.63, 3.8) is 0 Å². The van der Waals surface area contributed by atoms with E-state index in [1.165, 1.54) is 0 Å². The summed E-state index contributed by atoms with van der Waals surface area (Å²) in [5, 5.41) is 27.7. The lowest BCUT2D eigenvalue weighted by Crippen LogP contribution is -2.50. The zero-order valence-corrected chi connectivity index (χ0v) is 9.04. The molecule has 17 heavy (non-hydrogen) atoms. The monoisotopic (exact) mass is 246 g/mol. The standard InChI is InChI=1S/C10H14O7/c1-3-8(13)16-10(15,7(12)5-6-11)17-9(14)4-2/h3-4,7,11-12,15H,1-2,5-6H2. The van der Waals surface area contributed by atoms with E-state index in [0.717, 1.165) is 0 Å². The number of aliphatic hydroxyl groups is 3. The number of esters is 2. The summed E-state index contributed by atoms with van der Waals surface area (Å²) in [6.45, 7) is 5.63. The van der Waals surface area contributed by atoms with Crippen LogP contribution in [0.4, 0.5) is 0 Å². The van der Waals surface area contributed by atoms with Gasteiger partial charge < -0.3 is 24.8 Å². The minimum absolute atomic E-state index is 0.370. The van der Waals surface area contributed by atoms with Gasteiger partial charge >= 0.3 is 17.9 Å². The third kappa shape index (κ3) is 4.77. The summed E-state index contributed by atoms with van der Waals surface area (Å²) in [6, 6.07) is 0. The number of rotatable bonds is 7. The molecule has 3 N–H and O–H groups in total. The normalized spacial score (nSPS) is 12.4. The highest BCUT2D eigenvalue weighted by atomic mass is 16.8. The Hall–Kier alpha value is -1.70. The Morgan fingerprint density at radius 1 is 1.24 bits per heavy atom. The molecule has 0 saturated heterocycles. The van der Waals surface area contributed by atoms with Crippen LogP contribution in [0.1, 0.15) is 6.42 Å². The van der Waals surface area contributed by atoms with Crippen molar-refractivity contribution in [3.05, 3.63) is 25.3 Å². The van der Waals surface area contributed by atoms with E-state index in [9.17, 15) is 19.8 Å². The van der Waals surface area contributed by atoms with Gasteiger partial charge in [0.15, 0.2) is 6.10 Å². The largest absolute Gasteiger partial charge is 0.401 e. The summed E-state index contributed by atoms with van der Waals surface area (Å²) < 4.78 is 8.64. The summed E-state index contributed by atoms with van der Waals surface area (Å²) in [5.74, 6) is -5.11. The van der Waals surface area contributed by atoms with Gasteiger partial charge in [-0.25, -0.2) is 9.59 Å². The maximum Gasteiger partial charge on any atom is 0.401 e. The number of aliphatic hydroxyl groups excluding tert-OH is 2. The molecule has 0 rings (SSSR count). The van der Waals surface area contributed by atoms with Crippen molar-refractivity contribution in [3.8, 4) is 0 Å². The van der Waals surface area contributed by atoms with Gasteiger partial charge in [-0.3, -0.25) is 0 Å². The first kappa shape index (κ1) is 15.3. The van der Waals surface area contributed by atoms with Crippen molar-refractivity contribution in [2.24, 2.45) is 0 Å². The number of ether oxygens (including phenoxy) is 2. The Bertz CT molecular complexity index is 288. The summed E-state index contributed by atoms with van der Waals surface area (Å²) in [4.78, 5) is 21.8. The van der Waals surface area contributed by atoms with E-state index in [1.807, 2.05) is 0 Å². The zero-order valence-electron chi connectivity index (χ0n) is 9.04. The van der Waals surface area contributed by atoms with Crippen molar-refractivity contribution in [2.45, 2.75) is 18.5 Å². The quantitative estimate of drug-likeness (QED) is 0.295. The number of carbonyl (C=O) groups is 2. The van der Waals surface area contributed by atoms with Crippen LogP contribution in [0, 0.1) is 0 Å². The fourth-order valence-corrected chi connectivity index (χ4v) is 0.833. The maximum absolute atomic E-state index is 10.9. The number of hydrogen-bond donors (Lipinski definition) is 3. The predicted octanol–water partition coefficient (Wildman–Crippen LogP) is -1.17. The van der Waals surface area contributed by atoms with Gasteiger partial charge in [0.2, 0.25) is 0 Å². The Kier molecular flexibility index (Phi) is 6.11. The molecule has 1 unspecified atom stereocenters. The molecule has 96 valence electrons. The molecule has 0 fully saturated rings. The van der Waals surface area contributed by atoms with Gasteiger partial charge in [-0.05, 0) is 0 Å². The summed E-state index contributed by atoms with van der Waals surface area (Å²) in [6.07, 6.45) is -0.762. The van der Waals surface area contributed by atoms with Crippen LogP contribution in [0.2, 0.25) is 0 Å². The van der Waals surface area contributed by atoms with E-state index in [2.05, 4.69) is 22.6 Å². The molecular formula is C10H14O7. The van der Waals surface area contributed by atoms with Gasteiger partial charge in [-0.1, -0.05) is 13.2 Å². The van der Waals surface area contributed by atoms with Gasteiger partial charge in [0, 0.05) is 25.2 Å². The van der Waals surface area contributed by atoms with Gasteiger partial charge in [0.25, 0.3) is 0 Å². The highest BCUT2D eigenvalue weighted by Gasteiger charge is 2.43. The average Bonchev–Trinajstić information content (AvgIpc) is 2.28. The summed E-state index contributed by atoms with van der Waals surface area (Å²) >= 11 is 0. The van der Waals surface area contributed by atoms with Crippen LogP contribution in [0.5, 0.6) is 0 Å². The minimum atomic E-state index is -2.89. The van der Waals surface area contributed by atoms with Crippen LogP contribution in [0.3, 0.4) is 0 Å². The zero-order chi connectivity index (χ0) is 13.5. The molecule has 0 aromatic heterocycles. The fourth-order valence-electron chi connectivity index (χ4n) is 0.833. The van der Waals surface area contributed by atoms with Crippen molar-refractivity contribution < 1.29 is 34.4 Å². The molecule has 0 amide bonds. The predicted molar refractivity (Wildman–Crippen MR) is 55.2 cm³/mol. The second kappa shape index (κ2) is 6.79. The van der Waals surface area contributed by atoms with E-state index in [4.69, 9.17) is 5.11 Å². The van der Waals surface area contributed by atoms with Gasteiger partial charge in [0.1, 0.15) is 0 Å². The third-order valence-electron chi connectivity index (χ3n) is 1.65. The Morgan fingerprint density at radius 2 is 1.65 bits per heavy atom. The molecule has 0 aliphatic rings. The van der Waals surface area contributed by atoms with E-state index < -0.39 is 30.6 Å². The molecule has 0 bridgehead atoms.